The standard InChI is InChI=1S/C15H14ClN5O3/c1-15(13(22)23,9-5-3-4-6-10(9)24-2)21-12-8(7-18-21)11(16)19-14(17)20-12/h3-7H,1-2H3,(H,22,23)(H2,17,19,20). The molecule has 0 spiro atoms. The summed E-state index contributed by atoms with van der Waals surface area (Å²) >= 11 is 6.05. The molecule has 0 aliphatic rings. The molecule has 0 aliphatic carbocycles. The zero-order valence-corrected chi connectivity index (χ0v) is 13.7. The van der Waals surface area contributed by atoms with Crippen LogP contribution >= 0.6 is 11.6 Å². The lowest BCUT2D eigenvalue weighted by Gasteiger charge is -2.27. The third-order valence-corrected chi connectivity index (χ3v) is 4.16. The summed E-state index contributed by atoms with van der Waals surface area (Å²) in [6, 6.07) is 6.81. The van der Waals surface area contributed by atoms with Gasteiger partial charge in [-0.1, -0.05) is 29.8 Å². The first-order valence-corrected chi connectivity index (χ1v) is 7.31. The fraction of sp³-hybridized carbons (Fsp3) is 0.200. The van der Waals surface area contributed by atoms with Gasteiger partial charge in [-0.2, -0.15) is 10.1 Å². The number of nitrogen functional groups attached to an aromatic ring is 1. The lowest BCUT2D eigenvalue weighted by Crippen LogP contribution is -2.41. The minimum Gasteiger partial charge on any atom is -0.496 e. The normalized spacial score (nSPS) is 13.6. The Morgan fingerprint density at radius 1 is 1.38 bits per heavy atom. The van der Waals surface area contributed by atoms with E-state index in [2.05, 4.69) is 15.1 Å². The Labute approximate surface area is 141 Å². The van der Waals surface area contributed by atoms with Crippen molar-refractivity contribution in [2.24, 2.45) is 0 Å². The maximum atomic E-state index is 12.2. The van der Waals surface area contributed by atoms with Gasteiger partial charge in [0.1, 0.15) is 10.9 Å². The lowest BCUT2D eigenvalue weighted by molar-refractivity contribution is -0.144. The molecule has 0 amide bonds. The number of methoxy groups -OCH3 is 1. The molecule has 1 unspecified atom stereocenters. The summed E-state index contributed by atoms with van der Waals surface area (Å²) < 4.78 is 6.57. The van der Waals surface area contributed by atoms with Crippen LogP contribution in [0.25, 0.3) is 11.0 Å². The van der Waals surface area contributed by atoms with Crippen molar-refractivity contribution in [3.8, 4) is 5.75 Å². The van der Waals surface area contributed by atoms with Crippen LogP contribution < -0.4 is 10.5 Å². The Hall–Kier alpha value is -2.87. The molecule has 3 N–H and O–H groups in total. The van der Waals surface area contributed by atoms with Crippen LogP contribution in [0.15, 0.2) is 30.5 Å². The monoisotopic (exact) mass is 347 g/mol. The van der Waals surface area contributed by atoms with Crippen molar-refractivity contribution in [3.63, 3.8) is 0 Å². The van der Waals surface area contributed by atoms with E-state index in [-0.39, 0.29) is 16.7 Å². The van der Waals surface area contributed by atoms with Gasteiger partial charge in [0, 0.05) is 5.56 Å². The van der Waals surface area contributed by atoms with E-state index in [4.69, 9.17) is 22.1 Å². The number of para-hydroxylation sites is 1. The SMILES string of the molecule is COc1ccccc1C(C)(C(=O)O)n1ncc2c(Cl)nc(N)nc21. The van der Waals surface area contributed by atoms with Crippen molar-refractivity contribution in [1.29, 1.82) is 0 Å². The van der Waals surface area contributed by atoms with Gasteiger partial charge in [-0.05, 0) is 13.0 Å². The number of rotatable bonds is 4. The second-order valence-corrected chi connectivity index (χ2v) is 5.60. The third kappa shape index (κ3) is 2.23. The third-order valence-electron chi connectivity index (χ3n) is 3.87. The fourth-order valence-electron chi connectivity index (χ4n) is 2.58. The summed E-state index contributed by atoms with van der Waals surface area (Å²) in [5, 5.41) is 14.7. The van der Waals surface area contributed by atoms with Gasteiger partial charge in [0.2, 0.25) is 5.95 Å². The molecule has 0 aliphatic heterocycles. The first-order valence-electron chi connectivity index (χ1n) is 6.93. The number of carboxylic acids is 1. The number of halogens is 1. The van der Waals surface area contributed by atoms with Gasteiger partial charge in [-0.15, -0.1) is 0 Å². The van der Waals surface area contributed by atoms with Gasteiger partial charge in [-0.25, -0.2) is 14.5 Å². The van der Waals surface area contributed by atoms with Crippen molar-refractivity contribution in [2.45, 2.75) is 12.5 Å². The molecule has 0 bridgehead atoms. The Bertz CT molecular complexity index is 942. The highest BCUT2D eigenvalue weighted by Crippen LogP contribution is 2.36. The Morgan fingerprint density at radius 3 is 2.75 bits per heavy atom. The molecule has 8 nitrogen and oxygen atoms in total. The average molecular weight is 348 g/mol. The van der Waals surface area contributed by atoms with Crippen LogP contribution in [0.5, 0.6) is 5.75 Å². The van der Waals surface area contributed by atoms with E-state index in [0.29, 0.717) is 16.7 Å². The van der Waals surface area contributed by atoms with E-state index in [1.807, 2.05) is 0 Å². The molecule has 2 heterocycles. The number of aromatic nitrogens is 4. The van der Waals surface area contributed by atoms with Gasteiger partial charge in [0.15, 0.2) is 11.2 Å². The van der Waals surface area contributed by atoms with Crippen molar-refractivity contribution < 1.29 is 14.6 Å². The number of hydrogen-bond acceptors (Lipinski definition) is 6. The molecular formula is C15H14ClN5O3. The Morgan fingerprint density at radius 2 is 2.08 bits per heavy atom. The predicted molar refractivity (Wildman–Crippen MR) is 88.1 cm³/mol. The number of carboxylic acid groups (broad SMARTS) is 1. The molecule has 0 saturated carbocycles. The van der Waals surface area contributed by atoms with E-state index < -0.39 is 11.5 Å². The van der Waals surface area contributed by atoms with Crippen molar-refractivity contribution >= 4 is 34.6 Å². The van der Waals surface area contributed by atoms with Crippen LogP contribution in [0.1, 0.15) is 12.5 Å². The molecule has 0 radical (unpaired) electrons. The van der Waals surface area contributed by atoms with Crippen LogP contribution in [0.3, 0.4) is 0 Å². The molecule has 1 atom stereocenters. The smallest absolute Gasteiger partial charge is 0.336 e. The van der Waals surface area contributed by atoms with Gasteiger partial charge < -0.3 is 15.6 Å². The number of fused-ring (bicyclic) bond motifs is 1. The minimum absolute atomic E-state index is 0.0676. The number of nitrogens with two attached hydrogens (primary N) is 1. The quantitative estimate of drug-likeness (QED) is 0.692. The molecular weight excluding hydrogens is 334 g/mol. The van der Waals surface area contributed by atoms with Gasteiger partial charge in [-0.3, -0.25) is 0 Å². The second kappa shape index (κ2) is 5.64. The molecule has 0 saturated heterocycles. The van der Waals surface area contributed by atoms with E-state index in [0.717, 1.165) is 0 Å². The highest BCUT2D eigenvalue weighted by Gasteiger charge is 2.42. The van der Waals surface area contributed by atoms with Crippen molar-refractivity contribution in [1.82, 2.24) is 19.7 Å². The van der Waals surface area contributed by atoms with E-state index in [1.165, 1.54) is 24.9 Å². The number of nitrogens with zero attached hydrogens (tertiary/aromatic N) is 4. The maximum absolute atomic E-state index is 12.2. The predicted octanol–water partition coefficient (Wildman–Crippen LogP) is 1.92. The summed E-state index contributed by atoms with van der Waals surface area (Å²) in [6.45, 7) is 1.51. The van der Waals surface area contributed by atoms with Crippen molar-refractivity contribution in [2.75, 3.05) is 12.8 Å². The highest BCUT2D eigenvalue weighted by molar-refractivity contribution is 6.34. The largest absolute Gasteiger partial charge is 0.496 e. The molecule has 0 fully saturated rings. The van der Waals surface area contributed by atoms with E-state index in [1.54, 1.807) is 24.3 Å². The average Bonchev–Trinajstić information content (AvgIpc) is 2.98. The summed E-state index contributed by atoms with van der Waals surface area (Å²) in [6.07, 6.45) is 1.41. The zero-order valence-electron chi connectivity index (χ0n) is 12.9. The minimum atomic E-state index is -1.58. The maximum Gasteiger partial charge on any atom is 0.336 e. The molecule has 9 heteroatoms. The van der Waals surface area contributed by atoms with Crippen LogP contribution in [-0.2, 0) is 10.3 Å². The molecule has 24 heavy (non-hydrogen) atoms. The highest BCUT2D eigenvalue weighted by atomic mass is 35.5. The van der Waals surface area contributed by atoms with Crippen LogP contribution in [0.4, 0.5) is 5.95 Å². The Kier molecular flexibility index (Phi) is 3.76. The van der Waals surface area contributed by atoms with Gasteiger partial charge >= 0.3 is 5.97 Å². The summed E-state index contributed by atoms with van der Waals surface area (Å²) in [5.74, 6) is -0.786. The molecule has 3 aromatic rings. The number of anilines is 1. The fourth-order valence-corrected chi connectivity index (χ4v) is 2.80. The first-order chi connectivity index (χ1) is 11.4. The van der Waals surface area contributed by atoms with E-state index in [9.17, 15) is 9.90 Å². The van der Waals surface area contributed by atoms with Crippen molar-refractivity contribution in [3.05, 3.63) is 41.2 Å². The zero-order chi connectivity index (χ0) is 17.5. The summed E-state index contributed by atoms with van der Waals surface area (Å²) in [7, 11) is 1.47. The summed E-state index contributed by atoms with van der Waals surface area (Å²) in [4.78, 5) is 20.1. The first kappa shape index (κ1) is 16.0. The number of carbonyl (C=O) groups is 1. The topological polar surface area (TPSA) is 116 Å². The molecule has 3 rings (SSSR count). The van der Waals surface area contributed by atoms with Gasteiger partial charge in [0.05, 0.1) is 18.7 Å². The number of aliphatic carboxylic acids is 1. The Balaban J connectivity index is 2.36. The van der Waals surface area contributed by atoms with Crippen LogP contribution in [0.2, 0.25) is 5.15 Å². The van der Waals surface area contributed by atoms with Gasteiger partial charge in [0.25, 0.3) is 0 Å². The molecule has 1 aromatic carbocycles. The second-order valence-electron chi connectivity index (χ2n) is 5.24. The van der Waals surface area contributed by atoms with Crippen LogP contribution in [-0.4, -0.2) is 37.9 Å². The lowest BCUT2D eigenvalue weighted by atomic mass is 9.91. The van der Waals surface area contributed by atoms with Crippen LogP contribution in [0, 0.1) is 0 Å². The number of benzene rings is 1. The molecule has 2 aromatic heterocycles. The number of hydrogen-bond donors (Lipinski definition) is 2. The number of ether oxygens (including phenoxy) is 1. The van der Waals surface area contributed by atoms with E-state index >= 15 is 0 Å². The molecule has 124 valence electrons. The summed E-state index contributed by atoms with van der Waals surface area (Å²) in [5.41, 5.74) is 4.70.